The fourth-order valence-corrected chi connectivity index (χ4v) is 4.06. The maximum atomic E-state index is 11.6. The first kappa shape index (κ1) is 19.5. The SMILES string of the molecule is C=C(C)c1cn(CCCN2CCC(N(C)C(C)=O)C2)c2c(OC)cccc12. The van der Waals surface area contributed by atoms with Crippen LogP contribution in [0.1, 0.15) is 32.3 Å². The van der Waals surface area contributed by atoms with E-state index in [1.807, 2.05) is 24.1 Å². The number of aromatic nitrogens is 1. The van der Waals surface area contributed by atoms with Crippen LogP contribution < -0.4 is 4.74 Å². The summed E-state index contributed by atoms with van der Waals surface area (Å²) < 4.78 is 7.90. The average molecular weight is 370 g/mol. The van der Waals surface area contributed by atoms with Gasteiger partial charge in [-0.2, -0.15) is 0 Å². The van der Waals surface area contributed by atoms with Crippen LogP contribution in [0.2, 0.25) is 0 Å². The molecule has 146 valence electrons. The minimum absolute atomic E-state index is 0.153. The summed E-state index contributed by atoms with van der Waals surface area (Å²) >= 11 is 0. The van der Waals surface area contributed by atoms with E-state index < -0.39 is 0 Å². The Hall–Kier alpha value is -2.27. The van der Waals surface area contributed by atoms with Crippen LogP contribution in [0.3, 0.4) is 0 Å². The van der Waals surface area contributed by atoms with Gasteiger partial charge in [0.05, 0.1) is 12.6 Å². The molecule has 1 amide bonds. The first-order valence-electron chi connectivity index (χ1n) is 9.69. The molecule has 0 aliphatic carbocycles. The fourth-order valence-electron chi connectivity index (χ4n) is 4.06. The minimum atomic E-state index is 0.153. The number of carbonyl (C=O) groups is 1. The predicted octanol–water partition coefficient (Wildman–Crippen LogP) is 3.63. The van der Waals surface area contributed by atoms with Gasteiger partial charge in [0, 0.05) is 56.8 Å². The number of para-hydroxylation sites is 1. The van der Waals surface area contributed by atoms with Crippen molar-refractivity contribution in [3.8, 4) is 5.75 Å². The van der Waals surface area contributed by atoms with Crippen molar-refractivity contribution in [2.24, 2.45) is 0 Å². The largest absolute Gasteiger partial charge is 0.495 e. The molecular formula is C22H31N3O2. The number of amides is 1. The molecule has 0 N–H and O–H groups in total. The molecule has 3 rings (SSSR count). The molecule has 1 aliphatic rings. The normalized spacial score (nSPS) is 17.4. The quantitative estimate of drug-likeness (QED) is 0.748. The molecule has 1 fully saturated rings. The van der Waals surface area contributed by atoms with E-state index >= 15 is 0 Å². The van der Waals surface area contributed by atoms with Crippen LogP contribution in [-0.4, -0.2) is 60.1 Å². The number of hydrogen-bond donors (Lipinski definition) is 0. The Morgan fingerprint density at radius 3 is 2.78 bits per heavy atom. The number of benzene rings is 1. The maximum Gasteiger partial charge on any atom is 0.219 e. The van der Waals surface area contributed by atoms with Crippen molar-refractivity contribution in [1.82, 2.24) is 14.4 Å². The molecule has 0 bridgehead atoms. The molecule has 2 aromatic rings. The third-order valence-corrected chi connectivity index (χ3v) is 5.71. The highest BCUT2D eigenvalue weighted by atomic mass is 16.5. The number of methoxy groups -OCH3 is 1. The third-order valence-electron chi connectivity index (χ3n) is 5.71. The summed E-state index contributed by atoms with van der Waals surface area (Å²) in [6.07, 6.45) is 4.33. The number of likely N-dealkylation sites (N-methyl/N-ethyl adjacent to an activating group) is 1. The zero-order valence-electron chi connectivity index (χ0n) is 17.0. The summed E-state index contributed by atoms with van der Waals surface area (Å²) in [7, 11) is 3.64. The van der Waals surface area contributed by atoms with Gasteiger partial charge in [-0.25, -0.2) is 0 Å². The first-order valence-corrected chi connectivity index (χ1v) is 9.69. The van der Waals surface area contributed by atoms with Crippen LogP contribution in [0.4, 0.5) is 0 Å². The van der Waals surface area contributed by atoms with Crippen molar-refractivity contribution in [2.75, 3.05) is 33.8 Å². The van der Waals surface area contributed by atoms with Crippen LogP contribution in [0.5, 0.6) is 5.75 Å². The molecule has 0 radical (unpaired) electrons. The molecule has 0 spiro atoms. The van der Waals surface area contributed by atoms with E-state index in [2.05, 4.69) is 35.2 Å². The van der Waals surface area contributed by atoms with Gasteiger partial charge < -0.3 is 19.1 Å². The molecule has 5 heteroatoms. The van der Waals surface area contributed by atoms with E-state index in [4.69, 9.17) is 4.74 Å². The van der Waals surface area contributed by atoms with Crippen LogP contribution >= 0.6 is 0 Å². The van der Waals surface area contributed by atoms with Crippen molar-refractivity contribution in [3.63, 3.8) is 0 Å². The highest BCUT2D eigenvalue weighted by Crippen LogP contribution is 2.33. The fraction of sp³-hybridized carbons (Fsp3) is 0.500. The Kier molecular flexibility index (Phi) is 5.90. The molecule has 0 saturated carbocycles. The lowest BCUT2D eigenvalue weighted by atomic mass is 10.1. The lowest BCUT2D eigenvalue weighted by Crippen LogP contribution is -2.37. The summed E-state index contributed by atoms with van der Waals surface area (Å²) in [5, 5.41) is 1.20. The highest BCUT2D eigenvalue weighted by molar-refractivity contribution is 5.95. The molecule has 1 aromatic heterocycles. The molecule has 1 atom stereocenters. The summed E-state index contributed by atoms with van der Waals surface area (Å²) in [6, 6.07) is 6.54. The average Bonchev–Trinajstić information content (AvgIpc) is 3.26. The molecule has 2 heterocycles. The number of hydrogen-bond acceptors (Lipinski definition) is 3. The Labute approximate surface area is 162 Å². The van der Waals surface area contributed by atoms with Crippen LogP contribution in [0.25, 0.3) is 16.5 Å². The summed E-state index contributed by atoms with van der Waals surface area (Å²) in [6.45, 7) is 11.8. The summed E-state index contributed by atoms with van der Waals surface area (Å²) in [5.41, 5.74) is 3.41. The molecule has 5 nitrogen and oxygen atoms in total. The number of carbonyl (C=O) groups excluding carboxylic acids is 1. The Balaban J connectivity index is 1.67. The van der Waals surface area contributed by atoms with Gasteiger partial charge in [0.2, 0.25) is 5.91 Å². The van der Waals surface area contributed by atoms with E-state index in [1.54, 1.807) is 14.0 Å². The Bertz CT molecular complexity index is 839. The molecule has 1 saturated heterocycles. The zero-order chi connectivity index (χ0) is 19.6. The molecule has 1 unspecified atom stereocenters. The van der Waals surface area contributed by atoms with E-state index in [9.17, 15) is 4.79 Å². The van der Waals surface area contributed by atoms with Gasteiger partial charge in [-0.05, 0) is 37.9 Å². The van der Waals surface area contributed by atoms with Crippen LogP contribution in [-0.2, 0) is 11.3 Å². The van der Waals surface area contributed by atoms with E-state index in [-0.39, 0.29) is 5.91 Å². The topological polar surface area (TPSA) is 37.7 Å². The van der Waals surface area contributed by atoms with Gasteiger partial charge in [0.1, 0.15) is 5.75 Å². The Morgan fingerprint density at radius 1 is 1.33 bits per heavy atom. The van der Waals surface area contributed by atoms with Crippen LogP contribution in [0.15, 0.2) is 31.0 Å². The van der Waals surface area contributed by atoms with Crippen molar-refractivity contribution < 1.29 is 9.53 Å². The molecular weight excluding hydrogens is 338 g/mol. The van der Waals surface area contributed by atoms with Gasteiger partial charge in [0.15, 0.2) is 0 Å². The predicted molar refractivity (Wildman–Crippen MR) is 111 cm³/mol. The number of rotatable bonds is 7. The number of ether oxygens (including phenoxy) is 1. The first-order chi connectivity index (χ1) is 12.9. The number of fused-ring (bicyclic) bond motifs is 1. The van der Waals surface area contributed by atoms with Crippen molar-refractivity contribution >= 4 is 22.4 Å². The summed E-state index contributed by atoms with van der Waals surface area (Å²) in [4.78, 5) is 15.9. The lowest BCUT2D eigenvalue weighted by Gasteiger charge is -2.23. The molecule has 1 aromatic carbocycles. The lowest BCUT2D eigenvalue weighted by molar-refractivity contribution is -0.129. The number of likely N-dealkylation sites (tertiary alicyclic amines) is 1. The monoisotopic (exact) mass is 369 g/mol. The number of nitrogens with zero attached hydrogens (tertiary/aromatic N) is 3. The van der Waals surface area contributed by atoms with Crippen molar-refractivity contribution in [1.29, 1.82) is 0 Å². The van der Waals surface area contributed by atoms with Gasteiger partial charge >= 0.3 is 0 Å². The molecule has 27 heavy (non-hydrogen) atoms. The molecule has 1 aliphatic heterocycles. The van der Waals surface area contributed by atoms with E-state index in [1.165, 1.54) is 10.9 Å². The second kappa shape index (κ2) is 8.17. The second-order valence-electron chi connectivity index (χ2n) is 7.60. The van der Waals surface area contributed by atoms with Crippen molar-refractivity contribution in [3.05, 3.63) is 36.5 Å². The van der Waals surface area contributed by atoms with Crippen molar-refractivity contribution in [2.45, 2.75) is 39.3 Å². The maximum absolute atomic E-state index is 11.6. The highest BCUT2D eigenvalue weighted by Gasteiger charge is 2.26. The zero-order valence-corrected chi connectivity index (χ0v) is 17.0. The van der Waals surface area contributed by atoms with Gasteiger partial charge in [0.25, 0.3) is 0 Å². The van der Waals surface area contributed by atoms with Crippen LogP contribution in [0, 0.1) is 0 Å². The third kappa shape index (κ3) is 4.03. The smallest absolute Gasteiger partial charge is 0.219 e. The standard InChI is InChI=1S/C22H31N3O2/c1-16(2)20-15-25(22-19(20)8-6-9-21(22)27-5)12-7-11-24-13-10-18(14-24)23(4)17(3)26/h6,8-9,15,18H,1,7,10-14H2,2-5H3. The minimum Gasteiger partial charge on any atom is -0.495 e. The number of allylic oxidation sites excluding steroid dienone is 1. The van der Waals surface area contributed by atoms with Gasteiger partial charge in [-0.1, -0.05) is 18.7 Å². The number of aryl methyl sites for hydroxylation is 1. The van der Waals surface area contributed by atoms with E-state index in [0.29, 0.717) is 6.04 Å². The second-order valence-corrected chi connectivity index (χ2v) is 7.60. The van der Waals surface area contributed by atoms with Gasteiger partial charge in [-0.15, -0.1) is 0 Å². The Morgan fingerprint density at radius 2 is 2.11 bits per heavy atom. The van der Waals surface area contributed by atoms with Gasteiger partial charge in [-0.3, -0.25) is 4.79 Å². The summed E-state index contributed by atoms with van der Waals surface area (Å²) in [5.74, 6) is 1.06. The van der Waals surface area contributed by atoms with E-state index in [0.717, 1.165) is 55.9 Å².